The highest BCUT2D eigenvalue weighted by Crippen LogP contribution is 2.47. The summed E-state index contributed by atoms with van der Waals surface area (Å²) in [6.45, 7) is 2.18. The van der Waals surface area contributed by atoms with Gasteiger partial charge in [-0.05, 0) is 12.8 Å². The standard InChI is InChI=1S/C11H15NO2/c1-11(3-4-11)10-5-9(14-2)8(7-13)6-12-10/h5-6,13H,3-4,7H2,1-2H3. The minimum atomic E-state index is -0.0207. The van der Waals surface area contributed by atoms with E-state index in [1.807, 2.05) is 6.07 Å². The Morgan fingerprint density at radius 1 is 1.57 bits per heavy atom. The predicted molar refractivity (Wildman–Crippen MR) is 53.3 cm³/mol. The zero-order valence-corrected chi connectivity index (χ0v) is 8.58. The molecule has 0 unspecified atom stereocenters. The van der Waals surface area contributed by atoms with E-state index in [2.05, 4.69) is 11.9 Å². The molecule has 3 heteroatoms. The van der Waals surface area contributed by atoms with Gasteiger partial charge in [0, 0.05) is 28.9 Å². The zero-order valence-electron chi connectivity index (χ0n) is 8.58. The van der Waals surface area contributed by atoms with Crippen LogP contribution in [-0.4, -0.2) is 17.2 Å². The van der Waals surface area contributed by atoms with Crippen LogP contribution in [0.4, 0.5) is 0 Å². The molecule has 76 valence electrons. The molecular formula is C11H15NO2. The van der Waals surface area contributed by atoms with Gasteiger partial charge in [0.05, 0.1) is 13.7 Å². The highest BCUT2D eigenvalue weighted by atomic mass is 16.5. The highest BCUT2D eigenvalue weighted by Gasteiger charge is 2.40. The first-order chi connectivity index (χ1) is 6.69. The normalized spacial score (nSPS) is 17.9. The molecule has 1 N–H and O–H groups in total. The molecule has 0 spiro atoms. The maximum Gasteiger partial charge on any atom is 0.127 e. The molecule has 1 fully saturated rings. The Morgan fingerprint density at radius 3 is 2.79 bits per heavy atom. The fourth-order valence-corrected chi connectivity index (χ4v) is 1.55. The third-order valence-electron chi connectivity index (χ3n) is 2.95. The summed E-state index contributed by atoms with van der Waals surface area (Å²) in [5.74, 6) is 0.741. The van der Waals surface area contributed by atoms with Gasteiger partial charge in [-0.3, -0.25) is 4.98 Å². The van der Waals surface area contributed by atoms with Gasteiger partial charge in [-0.1, -0.05) is 6.92 Å². The molecule has 1 aliphatic carbocycles. The molecule has 0 aliphatic heterocycles. The molecule has 2 rings (SSSR count). The second-order valence-corrected chi connectivity index (χ2v) is 4.10. The number of ether oxygens (including phenoxy) is 1. The molecule has 14 heavy (non-hydrogen) atoms. The monoisotopic (exact) mass is 193 g/mol. The zero-order chi connectivity index (χ0) is 10.2. The minimum absolute atomic E-state index is 0.0207. The topological polar surface area (TPSA) is 42.4 Å². The number of rotatable bonds is 3. The molecule has 1 aromatic rings. The van der Waals surface area contributed by atoms with Gasteiger partial charge in [0.15, 0.2) is 0 Å². The van der Waals surface area contributed by atoms with Crippen LogP contribution in [-0.2, 0) is 12.0 Å². The maximum absolute atomic E-state index is 9.04. The third-order valence-corrected chi connectivity index (χ3v) is 2.95. The Balaban J connectivity index is 2.36. The van der Waals surface area contributed by atoms with E-state index in [0.717, 1.165) is 17.0 Å². The van der Waals surface area contributed by atoms with Crippen LogP contribution in [0, 0.1) is 0 Å². The number of aromatic nitrogens is 1. The molecule has 0 aromatic carbocycles. The Hall–Kier alpha value is -1.09. The lowest BCUT2D eigenvalue weighted by Crippen LogP contribution is -2.05. The van der Waals surface area contributed by atoms with Gasteiger partial charge in [-0.25, -0.2) is 0 Å². The summed E-state index contributed by atoms with van der Waals surface area (Å²) in [6.07, 6.45) is 4.10. The van der Waals surface area contributed by atoms with Crippen LogP contribution in [0.5, 0.6) is 5.75 Å². The number of nitrogens with zero attached hydrogens (tertiary/aromatic N) is 1. The quantitative estimate of drug-likeness (QED) is 0.793. The van der Waals surface area contributed by atoms with Gasteiger partial charge in [0.1, 0.15) is 5.75 Å². The van der Waals surface area contributed by atoms with Gasteiger partial charge in [0.25, 0.3) is 0 Å². The first-order valence-corrected chi connectivity index (χ1v) is 4.84. The van der Waals surface area contributed by atoms with Crippen molar-refractivity contribution in [1.29, 1.82) is 0 Å². The van der Waals surface area contributed by atoms with E-state index in [1.54, 1.807) is 13.3 Å². The van der Waals surface area contributed by atoms with Crippen molar-refractivity contribution in [2.45, 2.75) is 31.8 Å². The Morgan fingerprint density at radius 2 is 2.29 bits per heavy atom. The number of aliphatic hydroxyl groups excluding tert-OH is 1. The number of hydrogen-bond donors (Lipinski definition) is 1. The van der Waals surface area contributed by atoms with Crippen LogP contribution in [0.3, 0.4) is 0 Å². The second-order valence-electron chi connectivity index (χ2n) is 4.10. The van der Waals surface area contributed by atoms with Crippen molar-refractivity contribution in [1.82, 2.24) is 4.98 Å². The van der Waals surface area contributed by atoms with Gasteiger partial charge < -0.3 is 9.84 Å². The summed E-state index contributed by atoms with van der Waals surface area (Å²) in [7, 11) is 1.62. The summed E-state index contributed by atoms with van der Waals surface area (Å²) in [5, 5.41) is 9.04. The molecule has 0 bridgehead atoms. The smallest absolute Gasteiger partial charge is 0.127 e. The lowest BCUT2D eigenvalue weighted by atomic mass is 10.0. The lowest BCUT2D eigenvalue weighted by Gasteiger charge is -2.11. The van der Waals surface area contributed by atoms with Crippen molar-refractivity contribution >= 4 is 0 Å². The number of pyridine rings is 1. The van der Waals surface area contributed by atoms with Crippen LogP contribution in [0.25, 0.3) is 0 Å². The van der Waals surface area contributed by atoms with Crippen LogP contribution in [0.15, 0.2) is 12.3 Å². The maximum atomic E-state index is 9.04. The van der Waals surface area contributed by atoms with Gasteiger partial charge in [-0.15, -0.1) is 0 Å². The first-order valence-electron chi connectivity index (χ1n) is 4.84. The first kappa shape index (κ1) is 9.46. The fourth-order valence-electron chi connectivity index (χ4n) is 1.55. The molecule has 1 aromatic heterocycles. The molecule has 0 saturated heterocycles. The SMILES string of the molecule is COc1cc(C2(C)CC2)ncc1CO. The largest absolute Gasteiger partial charge is 0.496 e. The second kappa shape index (κ2) is 3.24. The molecule has 1 heterocycles. The number of aliphatic hydroxyl groups is 1. The number of methoxy groups -OCH3 is 1. The summed E-state index contributed by atoms with van der Waals surface area (Å²) < 4.78 is 5.20. The average Bonchev–Trinajstić information content (AvgIpc) is 2.97. The van der Waals surface area contributed by atoms with E-state index >= 15 is 0 Å². The van der Waals surface area contributed by atoms with Crippen molar-refractivity contribution < 1.29 is 9.84 Å². The summed E-state index contributed by atoms with van der Waals surface area (Å²) >= 11 is 0. The van der Waals surface area contributed by atoms with Gasteiger partial charge in [0.2, 0.25) is 0 Å². The van der Waals surface area contributed by atoms with Crippen molar-refractivity contribution in [3.8, 4) is 5.75 Å². The van der Waals surface area contributed by atoms with E-state index in [9.17, 15) is 0 Å². The van der Waals surface area contributed by atoms with Crippen molar-refractivity contribution in [2.75, 3.05) is 7.11 Å². The van der Waals surface area contributed by atoms with Crippen molar-refractivity contribution in [2.24, 2.45) is 0 Å². The van der Waals surface area contributed by atoms with Crippen LogP contribution in [0.2, 0.25) is 0 Å². The van der Waals surface area contributed by atoms with E-state index in [0.29, 0.717) is 0 Å². The summed E-state index contributed by atoms with van der Waals surface area (Å²) in [5.41, 5.74) is 2.08. The minimum Gasteiger partial charge on any atom is -0.496 e. The average molecular weight is 193 g/mol. The molecule has 1 saturated carbocycles. The lowest BCUT2D eigenvalue weighted by molar-refractivity contribution is 0.273. The van der Waals surface area contributed by atoms with E-state index < -0.39 is 0 Å². The van der Waals surface area contributed by atoms with Crippen molar-refractivity contribution in [3.05, 3.63) is 23.5 Å². The molecule has 0 atom stereocenters. The third kappa shape index (κ3) is 1.48. The van der Waals surface area contributed by atoms with E-state index in [-0.39, 0.29) is 12.0 Å². The molecular weight excluding hydrogens is 178 g/mol. The fraction of sp³-hybridized carbons (Fsp3) is 0.545. The van der Waals surface area contributed by atoms with E-state index in [4.69, 9.17) is 9.84 Å². The molecule has 1 aliphatic rings. The Bertz CT molecular complexity index is 345. The molecule has 0 radical (unpaired) electrons. The van der Waals surface area contributed by atoms with Gasteiger partial charge >= 0.3 is 0 Å². The van der Waals surface area contributed by atoms with Gasteiger partial charge in [-0.2, -0.15) is 0 Å². The predicted octanol–water partition coefficient (Wildman–Crippen LogP) is 1.63. The van der Waals surface area contributed by atoms with Crippen LogP contribution < -0.4 is 4.74 Å². The Kier molecular flexibility index (Phi) is 2.19. The van der Waals surface area contributed by atoms with Crippen molar-refractivity contribution in [3.63, 3.8) is 0 Å². The Labute approximate surface area is 83.7 Å². The van der Waals surface area contributed by atoms with E-state index in [1.165, 1.54) is 12.8 Å². The summed E-state index contributed by atoms with van der Waals surface area (Å²) in [4.78, 5) is 4.35. The number of hydrogen-bond acceptors (Lipinski definition) is 3. The van der Waals surface area contributed by atoms with Crippen LogP contribution >= 0.6 is 0 Å². The molecule has 3 nitrogen and oxygen atoms in total. The molecule has 0 amide bonds. The highest BCUT2D eigenvalue weighted by molar-refractivity contribution is 5.37. The van der Waals surface area contributed by atoms with Crippen LogP contribution in [0.1, 0.15) is 31.0 Å². The summed E-state index contributed by atoms with van der Waals surface area (Å²) in [6, 6.07) is 1.94.